The Balaban J connectivity index is 2.45. The minimum Gasteiger partial charge on any atom is -0.395 e. The molecule has 2 rings (SSSR count). The summed E-state index contributed by atoms with van der Waals surface area (Å²) in [7, 11) is 0. The Morgan fingerprint density at radius 3 is 2.76 bits per heavy atom. The molecule has 1 aromatic rings. The maximum atomic E-state index is 12.7. The first-order valence-electron chi connectivity index (χ1n) is 7.04. The standard InChI is InChI=1S/C14H20F2N4O/c15-12(16)8-20(5-6-21)14-10(13(17)18)7-9-3-1-2-4-11(9)19-14/h7,12,21H,1-6,8H2,(H3,17,18). The molecular formula is C14H20F2N4O. The Bertz CT molecular complexity index is 522. The van der Waals surface area contributed by atoms with Crippen LogP contribution in [0, 0.1) is 5.41 Å². The molecule has 116 valence electrons. The quantitative estimate of drug-likeness (QED) is 0.546. The van der Waals surface area contributed by atoms with Crippen molar-refractivity contribution in [3.8, 4) is 0 Å². The normalized spacial score (nSPS) is 14.1. The number of nitrogen functional groups attached to an aromatic ring is 1. The van der Waals surface area contributed by atoms with E-state index in [2.05, 4.69) is 4.98 Å². The van der Waals surface area contributed by atoms with Crippen molar-refractivity contribution in [2.24, 2.45) is 5.73 Å². The molecule has 0 amide bonds. The first kappa shape index (κ1) is 15.6. The summed E-state index contributed by atoms with van der Waals surface area (Å²) >= 11 is 0. The van der Waals surface area contributed by atoms with Gasteiger partial charge in [-0.15, -0.1) is 0 Å². The molecule has 0 saturated heterocycles. The zero-order chi connectivity index (χ0) is 15.4. The van der Waals surface area contributed by atoms with Crippen LogP contribution in [0.3, 0.4) is 0 Å². The summed E-state index contributed by atoms with van der Waals surface area (Å²) in [5.74, 6) is 0.0839. The molecule has 0 aromatic carbocycles. The van der Waals surface area contributed by atoms with Crippen molar-refractivity contribution < 1.29 is 13.9 Å². The second-order valence-electron chi connectivity index (χ2n) is 5.15. The molecule has 5 nitrogen and oxygen atoms in total. The molecule has 1 aliphatic carbocycles. The third kappa shape index (κ3) is 3.66. The predicted octanol–water partition coefficient (Wildman–Crippen LogP) is 1.31. The number of rotatable bonds is 6. The van der Waals surface area contributed by atoms with Gasteiger partial charge >= 0.3 is 0 Å². The minimum absolute atomic E-state index is 0.0381. The summed E-state index contributed by atoms with van der Waals surface area (Å²) in [6, 6.07) is 1.79. The van der Waals surface area contributed by atoms with Crippen LogP contribution in [0.25, 0.3) is 0 Å². The summed E-state index contributed by atoms with van der Waals surface area (Å²) in [5, 5.41) is 16.7. The van der Waals surface area contributed by atoms with Gasteiger partial charge in [0.15, 0.2) is 0 Å². The van der Waals surface area contributed by atoms with E-state index in [1.807, 2.05) is 0 Å². The molecule has 0 unspecified atom stereocenters. The lowest BCUT2D eigenvalue weighted by Crippen LogP contribution is -2.35. The van der Waals surface area contributed by atoms with Gasteiger partial charge in [-0.05, 0) is 37.3 Å². The van der Waals surface area contributed by atoms with Crippen molar-refractivity contribution in [2.75, 3.05) is 24.6 Å². The Kier molecular flexibility index (Phi) is 5.06. The fourth-order valence-electron chi connectivity index (χ4n) is 2.63. The molecule has 0 saturated carbocycles. The van der Waals surface area contributed by atoms with E-state index in [0.29, 0.717) is 5.56 Å². The van der Waals surface area contributed by atoms with E-state index in [9.17, 15) is 8.78 Å². The number of anilines is 1. The molecule has 7 heteroatoms. The Labute approximate surface area is 122 Å². The lowest BCUT2D eigenvalue weighted by Gasteiger charge is -2.27. The minimum atomic E-state index is -2.55. The molecule has 0 fully saturated rings. The van der Waals surface area contributed by atoms with Crippen LogP contribution in [0.4, 0.5) is 14.6 Å². The average molecular weight is 298 g/mol. The van der Waals surface area contributed by atoms with Crippen molar-refractivity contribution in [1.29, 1.82) is 5.41 Å². The number of alkyl halides is 2. The number of aryl methyl sites for hydroxylation is 2. The molecule has 1 heterocycles. The lowest BCUT2D eigenvalue weighted by molar-refractivity contribution is 0.152. The highest BCUT2D eigenvalue weighted by Crippen LogP contribution is 2.27. The predicted molar refractivity (Wildman–Crippen MR) is 77.2 cm³/mol. The summed E-state index contributed by atoms with van der Waals surface area (Å²) < 4.78 is 25.5. The smallest absolute Gasteiger partial charge is 0.255 e. The van der Waals surface area contributed by atoms with Crippen LogP contribution in [0.2, 0.25) is 0 Å². The maximum absolute atomic E-state index is 12.7. The van der Waals surface area contributed by atoms with Crippen LogP contribution in [0.5, 0.6) is 0 Å². The van der Waals surface area contributed by atoms with Crippen molar-refractivity contribution in [2.45, 2.75) is 32.1 Å². The fraction of sp³-hybridized carbons (Fsp3) is 0.571. The monoisotopic (exact) mass is 298 g/mol. The fourth-order valence-corrected chi connectivity index (χ4v) is 2.63. The van der Waals surface area contributed by atoms with E-state index in [-0.39, 0.29) is 24.8 Å². The molecule has 21 heavy (non-hydrogen) atoms. The second-order valence-corrected chi connectivity index (χ2v) is 5.15. The van der Waals surface area contributed by atoms with Gasteiger partial charge in [0.2, 0.25) is 0 Å². The van der Waals surface area contributed by atoms with E-state index in [1.54, 1.807) is 6.07 Å². The molecular weight excluding hydrogens is 278 g/mol. The molecule has 0 radical (unpaired) electrons. The zero-order valence-corrected chi connectivity index (χ0v) is 11.8. The number of pyridine rings is 1. The average Bonchev–Trinajstić information content (AvgIpc) is 2.45. The van der Waals surface area contributed by atoms with E-state index >= 15 is 0 Å². The molecule has 0 aliphatic heterocycles. The topological polar surface area (TPSA) is 86.2 Å². The third-order valence-electron chi connectivity index (χ3n) is 3.60. The molecule has 4 N–H and O–H groups in total. The van der Waals surface area contributed by atoms with Gasteiger partial charge in [-0.3, -0.25) is 5.41 Å². The van der Waals surface area contributed by atoms with Crippen LogP contribution < -0.4 is 10.6 Å². The number of amidine groups is 1. The van der Waals surface area contributed by atoms with E-state index in [1.165, 1.54) is 4.90 Å². The third-order valence-corrected chi connectivity index (χ3v) is 3.60. The number of aliphatic hydroxyl groups excluding tert-OH is 1. The molecule has 1 aromatic heterocycles. The lowest BCUT2D eigenvalue weighted by atomic mass is 9.94. The molecule has 0 spiro atoms. The van der Waals surface area contributed by atoms with Crippen LogP contribution in [0.1, 0.15) is 29.7 Å². The summed E-state index contributed by atoms with van der Waals surface area (Å²) in [6.45, 7) is -0.758. The van der Waals surface area contributed by atoms with Crippen LogP contribution >= 0.6 is 0 Å². The van der Waals surface area contributed by atoms with E-state index < -0.39 is 13.0 Å². The van der Waals surface area contributed by atoms with Crippen LogP contribution in [-0.4, -0.2) is 42.0 Å². The van der Waals surface area contributed by atoms with Crippen LogP contribution in [0.15, 0.2) is 6.07 Å². The van der Waals surface area contributed by atoms with Gasteiger partial charge in [0.1, 0.15) is 11.7 Å². The first-order chi connectivity index (χ1) is 10.0. The first-order valence-corrected chi connectivity index (χ1v) is 7.04. The van der Waals surface area contributed by atoms with Gasteiger partial charge in [0.05, 0.1) is 18.7 Å². The second kappa shape index (κ2) is 6.80. The van der Waals surface area contributed by atoms with Gasteiger partial charge in [-0.25, -0.2) is 13.8 Å². The Morgan fingerprint density at radius 2 is 2.14 bits per heavy atom. The highest BCUT2D eigenvalue weighted by molar-refractivity contribution is 5.99. The Hall–Kier alpha value is -1.76. The highest BCUT2D eigenvalue weighted by atomic mass is 19.3. The molecule has 0 bridgehead atoms. The SMILES string of the molecule is N=C(N)c1cc2c(nc1N(CCO)CC(F)F)CCCC2. The highest BCUT2D eigenvalue weighted by Gasteiger charge is 2.22. The van der Waals surface area contributed by atoms with E-state index in [4.69, 9.17) is 16.2 Å². The Morgan fingerprint density at radius 1 is 1.43 bits per heavy atom. The number of nitrogens with two attached hydrogens (primary N) is 1. The van der Waals surface area contributed by atoms with Gasteiger partial charge in [-0.2, -0.15) is 0 Å². The molecule has 0 atom stereocenters. The van der Waals surface area contributed by atoms with Crippen molar-refractivity contribution in [1.82, 2.24) is 4.98 Å². The number of hydrogen-bond donors (Lipinski definition) is 3. The number of fused-ring (bicyclic) bond motifs is 1. The number of aliphatic hydroxyl groups is 1. The number of nitrogens with zero attached hydrogens (tertiary/aromatic N) is 2. The van der Waals surface area contributed by atoms with Crippen molar-refractivity contribution >= 4 is 11.7 Å². The summed E-state index contributed by atoms with van der Waals surface area (Å²) in [5.41, 5.74) is 7.87. The van der Waals surface area contributed by atoms with E-state index in [0.717, 1.165) is 36.9 Å². The number of hydrogen-bond acceptors (Lipinski definition) is 4. The number of halogens is 2. The van der Waals surface area contributed by atoms with Crippen molar-refractivity contribution in [3.63, 3.8) is 0 Å². The molecule has 1 aliphatic rings. The number of nitrogens with one attached hydrogen (secondary N) is 1. The zero-order valence-electron chi connectivity index (χ0n) is 11.8. The van der Waals surface area contributed by atoms with Gasteiger partial charge in [0, 0.05) is 12.2 Å². The van der Waals surface area contributed by atoms with Gasteiger partial charge in [0.25, 0.3) is 6.43 Å². The van der Waals surface area contributed by atoms with Crippen molar-refractivity contribution in [3.05, 3.63) is 22.9 Å². The van der Waals surface area contributed by atoms with Gasteiger partial charge in [-0.1, -0.05) is 0 Å². The number of aromatic nitrogens is 1. The van der Waals surface area contributed by atoms with Crippen LogP contribution in [-0.2, 0) is 12.8 Å². The van der Waals surface area contributed by atoms with Gasteiger partial charge < -0.3 is 15.7 Å². The summed E-state index contributed by atoms with van der Waals surface area (Å²) in [4.78, 5) is 5.77. The largest absolute Gasteiger partial charge is 0.395 e. The summed E-state index contributed by atoms with van der Waals surface area (Å²) in [6.07, 6.45) is 1.21. The maximum Gasteiger partial charge on any atom is 0.255 e.